The molecule has 2 aromatic rings. The minimum absolute atomic E-state index is 0.268. The smallest absolute Gasteiger partial charge is 0.248 e. The number of hydrogen-bond donors (Lipinski definition) is 1. The predicted molar refractivity (Wildman–Crippen MR) is 78.2 cm³/mol. The van der Waals surface area contributed by atoms with E-state index in [0.29, 0.717) is 5.56 Å². The minimum Gasteiger partial charge on any atom is -0.366 e. The Hall–Kier alpha value is -2.14. The van der Waals surface area contributed by atoms with Crippen LogP contribution in [-0.4, -0.2) is 20.6 Å². The van der Waals surface area contributed by atoms with E-state index in [0.717, 1.165) is 16.7 Å². The van der Waals surface area contributed by atoms with Crippen LogP contribution < -0.4 is 5.73 Å². The lowest BCUT2D eigenvalue weighted by atomic mass is 9.98. The normalized spacial score (nSPS) is 11.3. The molecular weight excluding hydrogens is 274 g/mol. The van der Waals surface area contributed by atoms with Gasteiger partial charge in [0.2, 0.25) is 5.91 Å². The van der Waals surface area contributed by atoms with Crippen LogP contribution in [0.3, 0.4) is 0 Å². The second kappa shape index (κ2) is 5.09. The topological polar surface area (TPSA) is 77.2 Å². The Kier molecular flexibility index (Phi) is 3.63. The summed E-state index contributed by atoms with van der Waals surface area (Å²) >= 11 is 0. The van der Waals surface area contributed by atoms with Crippen molar-refractivity contribution in [1.82, 2.24) is 0 Å². The summed E-state index contributed by atoms with van der Waals surface area (Å²) in [5.41, 5.74) is 8.40. The molecular formula is C15H15NO3S. The number of benzene rings is 2. The molecule has 2 aromatic carbocycles. The first-order valence-corrected chi connectivity index (χ1v) is 7.89. The third-order valence-corrected chi connectivity index (χ3v) is 4.24. The summed E-state index contributed by atoms with van der Waals surface area (Å²) in [6.45, 7) is 1.92. The summed E-state index contributed by atoms with van der Waals surface area (Å²) in [4.78, 5) is 11.5. The van der Waals surface area contributed by atoms with Crippen LogP contribution in [0.25, 0.3) is 11.1 Å². The van der Waals surface area contributed by atoms with Gasteiger partial charge in [0.1, 0.15) is 0 Å². The van der Waals surface area contributed by atoms with Crippen molar-refractivity contribution in [2.24, 2.45) is 5.73 Å². The first-order chi connectivity index (χ1) is 9.29. The van der Waals surface area contributed by atoms with Gasteiger partial charge in [0.05, 0.1) is 4.90 Å². The van der Waals surface area contributed by atoms with Crippen molar-refractivity contribution in [3.8, 4) is 11.1 Å². The van der Waals surface area contributed by atoms with E-state index in [1.54, 1.807) is 36.4 Å². The molecule has 0 atom stereocenters. The van der Waals surface area contributed by atoms with E-state index in [-0.39, 0.29) is 4.90 Å². The maximum absolute atomic E-state index is 11.4. The van der Waals surface area contributed by atoms with Gasteiger partial charge in [-0.2, -0.15) is 0 Å². The molecule has 0 unspecified atom stereocenters. The highest BCUT2D eigenvalue weighted by atomic mass is 32.2. The molecule has 1 amide bonds. The largest absolute Gasteiger partial charge is 0.366 e. The fourth-order valence-corrected chi connectivity index (χ4v) is 2.60. The molecule has 0 spiro atoms. The highest BCUT2D eigenvalue weighted by molar-refractivity contribution is 7.90. The van der Waals surface area contributed by atoms with Crippen molar-refractivity contribution in [3.63, 3.8) is 0 Å². The molecule has 5 heteroatoms. The van der Waals surface area contributed by atoms with Crippen LogP contribution in [0.1, 0.15) is 15.9 Å². The summed E-state index contributed by atoms with van der Waals surface area (Å²) in [5.74, 6) is -0.487. The van der Waals surface area contributed by atoms with E-state index in [1.807, 2.05) is 13.0 Å². The van der Waals surface area contributed by atoms with E-state index in [1.165, 1.54) is 6.26 Å². The Labute approximate surface area is 118 Å². The molecule has 0 aliphatic rings. The van der Waals surface area contributed by atoms with Crippen LogP contribution in [0.2, 0.25) is 0 Å². The maximum atomic E-state index is 11.4. The zero-order valence-corrected chi connectivity index (χ0v) is 12.1. The van der Waals surface area contributed by atoms with Gasteiger partial charge in [-0.15, -0.1) is 0 Å². The van der Waals surface area contributed by atoms with Crippen LogP contribution in [0.5, 0.6) is 0 Å². The van der Waals surface area contributed by atoms with Crippen LogP contribution in [0.15, 0.2) is 47.4 Å². The zero-order valence-electron chi connectivity index (χ0n) is 11.3. The monoisotopic (exact) mass is 289 g/mol. The molecule has 0 aromatic heterocycles. The number of rotatable bonds is 3. The molecule has 104 valence electrons. The van der Waals surface area contributed by atoms with Crippen molar-refractivity contribution < 1.29 is 13.2 Å². The first-order valence-electron chi connectivity index (χ1n) is 6.00. The summed E-state index contributed by atoms with van der Waals surface area (Å²) < 4.78 is 22.9. The highest BCUT2D eigenvalue weighted by Gasteiger charge is 2.09. The molecule has 0 radical (unpaired) electrons. The van der Waals surface area contributed by atoms with Crippen LogP contribution >= 0.6 is 0 Å². The molecule has 0 aliphatic heterocycles. The van der Waals surface area contributed by atoms with Gasteiger partial charge in [-0.25, -0.2) is 8.42 Å². The van der Waals surface area contributed by atoms with E-state index >= 15 is 0 Å². The van der Waals surface area contributed by atoms with E-state index < -0.39 is 15.7 Å². The summed E-state index contributed by atoms with van der Waals surface area (Å²) in [6.07, 6.45) is 1.17. The van der Waals surface area contributed by atoms with Gasteiger partial charge >= 0.3 is 0 Å². The van der Waals surface area contributed by atoms with Crippen molar-refractivity contribution in [1.29, 1.82) is 0 Å². The van der Waals surface area contributed by atoms with Crippen molar-refractivity contribution in [3.05, 3.63) is 53.6 Å². The molecule has 4 nitrogen and oxygen atoms in total. The lowest BCUT2D eigenvalue weighted by Crippen LogP contribution is -2.10. The minimum atomic E-state index is -3.21. The molecule has 0 fully saturated rings. The number of amides is 1. The lowest BCUT2D eigenvalue weighted by Gasteiger charge is -2.08. The average Bonchev–Trinajstić information content (AvgIpc) is 2.38. The molecule has 0 saturated heterocycles. The quantitative estimate of drug-likeness (QED) is 0.940. The van der Waals surface area contributed by atoms with Gasteiger partial charge in [-0.3, -0.25) is 4.79 Å². The van der Waals surface area contributed by atoms with E-state index in [9.17, 15) is 13.2 Å². The van der Waals surface area contributed by atoms with Crippen molar-refractivity contribution in [2.75, 3.05) is 6.26 Å². The van der Waals surface area contributed by atoms with Crippen LogP contribution in [0.4, 0.5) is 0 Å². The average molecular weight is 289 g/mol. The van der Waals surface area contributed by atoms with Crippen LogP contribution in [0, 0.1) is 6.92 Å². The lowest BCUT2D eigenvalue weighted by molar-refractivity contribution is 0.100. The third-order valence-electron chi connectivity index (χ3n) is 3.12. The second-order valence-electron chi connectivity index (χ2n) is 4.69. The number of nitrogens with two attached hydrogens (primary N) is 1. The summed E-state index contributed by atoms with van der Waals surface area (Å²) in [7, 11) is -3.21. The van der Waals surface area contributed by atoms with Gasteiger partial charge in [-0.05, 0) is 47.9 Å². The van der Waals surface area contributed by atoms with Crippen molar-refractivity contribution in [2.45, 2.75) is 11.8 Å². The third kappa shape index (κ3) is 2.88. The van der Waals surface area contributed by atoms with E-state index in [4.69, 9.17) is 5.73 Å². The Morgan fingerprint density at radius 2 is 1.65 bits per heavy atom. The summed E-state index contributed by atoms with van der Waals surface area (Å²) in [5, 5.41) is 0. The standard InChI is InChI=1S/C15H15NO3S/c1-10-3-4-12(15(16)17)9-14(10)11-5-7-13(8-6-11)20(2,18)19/h3-9H,1-2H3,(H2,16,17). The molecule has 0 aliphatic carbocycles. The number of carbonyl (C=O) groups excluding carboxylic acids is 1. The molecule has 0 bridgehead atoms. The zero-order chi connectivity index (χ0) is 14.9. The highest BCUT2D eigenvalue weighted by Crippen LogP contribution is 2.25. The van der Waals surface area contributed by atoms with E-state index in [2.05, 4.69) is 0 Å². The second-order valence-corrected chi connectivity index (χ2v) is 6.71. The number of primary amides is 1. The Morgan fingerprint density at radius 3 is 2.15 bits per heavy atom. The molecule has 0 saturated carbocycles. The van der Waals surface area contributed by atoms with Gasteiger partial charge in [0.15, 0.2) is 9.84 Å². The Balaban J connectivity index is 2.51. The van der Waals surface area contributed by atoms with Gasteiger partial charge < -0.3 is 5.73 Å². The molecule has 0 heterocycles. The maximum Gasteiger partial charge on any atom is 0.248 e. The SMILES string of the molecule is Cc1ccc(C(N)=O)cc1-c1ccc(S(C)(=O)=O)cc1. The van der Waals surface area contributed by atoms with Gasteiger partial charge in [-0.1, -0.05) is 18.2 Å². The number of hydrogen-bond acceptors (Lipinski definition) is 3. The number of sulfone groups is 1. The van der Waals surface area contributed by atoms with Gasteiger partial charge in [0.25, 0.3) is 0 Å². The van der Waals surface area contributed by atoms with Crippen LogP contribution in [-0.2, 0) is 9.84 Å². The number of aryl methyl sites for hydroxylation is 1. The molecule has 20 heavy (non-hydrogen) atoms. The number of carbonyl (C=O) groups is 1. The first kappa shape index (κ1) is 14.3. The summed E-state index contributed by atoms with van der Waals surface area (Å²) in [6, 6.07) is 11.8. The fourth-order valence-electron chi connectivity index (χ4n) is 1.97. The van der Waals surface area contributed by atoms with Gasteiger partial charge in [0, 0.05) is 11.8 Å². The van der Waals surface area contributed by atoms with Crippen molar-refractivity contribution >= 4 is 15.7 Å². The Bertz CT molecular complexity index is 762. The predicted octanol–water partition coefficient (Wildman–Crippen LogP) is 2.16. The molecule has 2 rings (SSSR count). The molecule has 2 N–H and O–H groups in total. The fraction of sp³-hybridized carbons (Fsp3) is 0.133. The Morgan fingerprint density at radius 1 is 1.05 bits per heavy atom.